The number of anilines is 2. The SMILES string of the molecule is Cc1ccc(Nc2ncnc(Oc3cccc4ccc(C)nc34)c2[N+](=O)[O-])cc1. The van der Waals surface area contributed by atoms with Crippen molar-refractivity contribution in [1.82, 2.24) is 15.0 Å². The smallest absolute Gasteiger partial charge is 0.373 e. The average Bonchev–Trinajstić information content (AvgIpc) is 2.70. The predicted octanol–water partition coefficient (Wildman–Crippen LogP) is 5.09. The van der Waals surface area contributed by atoms with E-state index in [4.69, 9.17) is 4.74 Å². The molecule has 2 aromatic heterocycles. The lowest BCUT2D eigenvalue weighted by molar-refractivity contribution is -0.385. The van der Waals surface area contributed by atoms with E-state index in [9.17, 15) is 10.1 Å². The molecule has 0 atom stereocenters. The van der Waals surface area contributed by atoms with Gasteiger partial charge in [-0.25, -0.2) is 9.97 Å². The molecule has 0 fully saturated rings. The monoisotopic (exact) mass is 387 g/mol. The van der Waals surface area contributed by atoms with E-state index in [1.165, 1.54) is 6.33 Å². The minimum Gasteiger partial charge on any atom is -0.431 e. The van der Waals surface area contributed by atoms with Crippen LogP contribution in [0.15, 0.2) is 60.9 Å². The van der Waals surface area contributed by atoms with E-state index in [-0.39, 0.29) is 17.4 Å². The summed E-state index contributed by atoms with van der Waals surface area (Å²) >= 11 is 0. The van der Waals surface area contributed by atoms with Gasteiger partial charge in [0.2, 0.25) is 5.82 Å². The van der Waals surface area contributed by atoms with Crippen molar-refractivity contribution in [1.29, 1.82) is 0 Å². The van der Waals surface area contributed by atoms with Crippen LogP contribution in [0.3, 0.4) is 0 Å². The molecule has 4 aromatic rings. The first-order valence-corrected chi connectivity index (χ1v) is 8.88. The summed E-state index contributed by atoms with van der Waals surface area (Å²) in [7, 11) is 0. The van der Waals surface area contributed by atoms with Crippen molar-refractivity contribution in [2.75, 3.05) is 5.32 Å². The summed E-state index contributed by atoms with van der Waals surface area (Å²) in [4.78, 5) is 23.8. The van der Waals surface area contributed by atoms with Crippen LogP contribution in [0.1, 0.15) is 11.3 Å². The molecule has 1 N–H and O–H groups in total. The highest BCUT2D eigenvalue weighted by atomic mass is 16.6. The molecule has 0 aliphatic carbocycles. The predicted molar refractivity (Wildman–Crippen MR) is 110 cm³/mol. The minimum atomic E-state index is -0.560. The highest BCUT2D eigenvalue weighted by Crippen LogP contribution is 2.37. The Labute approximate surface area is 166 Å². The van der Waals surface area contributed by atoms with E-state index in [1.54, 1.807) is 12.1 Å². The van der Waals surface area contributed by atoms with Crippen LogP contribution in [0.4, 0.5) is 17.2 Å². The summed E-state index contributed by atoms with van der Waals surface area (Å²) in [5.41, 5.74) is 2.82. The Kier molecular flexibility index (Phi) is 4.74. The first-order valence-electron chi connectivity index (χ1n) is 8.88. The zero-order chi connectivity index (χ0) is 20.4. The second-order valence-corrected chi connectivity index (χ2v) is 6.51. The number of aromatic nitrogens is 3. The molecule has 0 amide bonds. The minimum absolute atomic E-state index is 0.0493. The molecule has 8 nitrogen and oxygen atoms in total. The number of hydrogen-bond donors (Lipinski definition) is 1. The molecule has 0 saturated carbocycles. The maximum atomic E-state index is 11.8. The van der Waals surface area contributed by atoms with Gasteiger partial charge in [0.15, 0.2) is 5.75 Å². The maximum Gasteiger partial charge on any atom is 0.373 e. The third kappa shape index (κ3) is 3.81. The van der Waals surface area contributed by atoms with E-state index in [1.807, 2.05) is 56.3 Å². The summed E-state index contributed by atoms with van der Waals surface area (Å²) in [6.45, 7) is 3.83. The molecular formula is C21H17N5O3. The number of nitro groups is 1. The molecule has 29 heavy (non-hydrogen) atoms. The van der Waals surface area contributed by atoms with Crippen LogP contribution in [0.2, 0.25) is 0 Å². The number of hydrogen-bond acceptors (Lipinski definition) is 7. The molecule has 2 heterocycles. The normalized spacial score (nSPS) is 10.7. The van der Waals surface area contributed by atoms with Gasteiger partial charge in [-0.1, -0.05) is 35.9 Å². The summed E-state index contributed by atoms with van der Waals surface area (Å²) < 4.78 is 5.84. The maximum absolute atomic E-state index is 11.8. The lowest BCUT2D eigenvalue weighted by Crippen LogP contribution is -2.04. The Bertz CT molecular complexity index is 1210. The molecule has 144 valence electrons. The summed E-state index contributed by atoms with van der Waals surface area (Å²) in [5, 5.41) is 15.6. The zero-order valence-electron chi connectivity index (χ0n) is 15.8. The number of para-hydroxylation sites is 1. The molecule has 4 rings (SSSR count). The summed E-state index contributed by atoms with van der Waals surface area (Å²) in [6, 6.07) is 16.6. The van der Waals surface area contributed by atoms with E-state index >= 15 is 0 Å². The Morgan fingerprint density at radius 1 is 1.00 bits per heavy atom. The first-order chi connectivity index (χ1) is 14.0. The summed E-state index contributed by atoms with van der Waals surface area (Å²) in [5.74, 6) is 0.276. The molecule has 0 bridgehead atoms. The Hall–Kier alpha value is -4.07. The molecule has 0 aliphatic heterocycles. The molecule has 0 unspecified atom stereocenters. The van der Waals surface area contributed by atoms with Crippen molar-refractivity contribution in [3.05, 3.63) is 82.3 Å². The number of benzene rings is 2. The van der Waals surface area contributed by atoms with Gasteiger partial charge in [0.1, 0.15) is 11.8 Å². The highest BCUT2D eigenvalue weighted by Gasteiger charge is 2.26. The largest absolute Gasteiger partial charge is 0.431 e. The van der Waals surface area contributed by atoms with Crippen LogP contribution in [-0.4, -0.2) is 19.9 Å². The lowest BCUT2D eigenvalue weighted by Gasteiger charge is -2.11. The van der Waals surface area contributed by atoms with Gasteiger partial charge in [-0.3, -0.25) is 10.1 Å². The van der Waals surface area contributed by atoms with E-state index < -0.39 is 4.92 Å². The van der Waals surface area contributed by atoms with Gasteiger partial charge < -0.3 is 10.1 Å². The van der Waals surface area contributed by atoms with Crippen molar-refractivity contribution in [3.63, 3.8) is 0 Å². The number of ether oxygens (including phenoxy) is 1. The lowest BCUT2D eigenvalue weighted by atomic mass is 10.2. The number of nitrogens with one attached hydrogen (secondary N) is 1. The fraction of sp³-hybridized carbons (Fsp3) is 0.0952. The fourth-order valence-electron chi connectivity index (χ4n) is 2.87. The van der Waals surface area contributed by atoms with Gasteiger partial charge in [-0.05, 0) is 38.1 Å². The van der Waals surface area contributed by atoms with Crippen molar-refractivity contribution in [2.45, 2.75) is 13.8 Å². The van der Waals surface area contributed by atoms with Crippen molar-refractivity contribution < 1.29 is 9.66 Å². The number of fused-ring (bicyclic) bond motifs is 1. The molecule has 2 aromatic carbocycles. The molecule has 0 radical (unpaired) electrons. The van der Waals surface area contributed by atoms with Crippen LogP contribution < -0.4 is 10.1 Å². The first kappa shape index (κ1) is 18.3. The van der Waals surface area contributed by atoms with Crippen LogP contribution in [0, 0.1) is 24.0 Å². The quantitative estimate of drug-likeness (QED) is 0.376. The number of aryl methyl sites for hydroxylation is 2. The fourth-order valence-corrected chi connectivity index (χ4v) is 2.87. The van der Waals surface area contributed by atoms with Crippen LogP contribution >= 0.6 is 0 Å². The molecular weight excluding hydrogens is 370 g/mol. The highest BCUT2D eigenvalue weighted by molar-refractivity contribution is 5.85. The van der Waals surface area contributed by atoms with E-state index in [2.05, 4.69) is 20.3 Å². The van der Waals surface area contributed by atoms with E-state index in [0.29, 0.717) is 17.0 Å². The van der Waals surface area contributed by atoms with Crippen molar-refractivity contribution >= 4 is 28.1 Å². The summed E-state index contributed by atoms with van der Waals surface area (Å²) in [6.07, 6.45) is 1.22. The standard InChI is InChI=1S/C21H17N5O3/c1-13-6-10-16(11-7-13)25-20-19(26(27)28)21(23-12-22-20)29-17-5-3-4-15-9-8-14(2)24-18(15)17/h3-12H,1-2H3,(H,22,23,25). The van der Waals surface area contributed by atoms with Gasteiger partial charge in [0.05, 0.1) is 4.92 Å². The topological polar surface area (TPSA) is 103 Å². The second kappa shape index (κ2) is 7.51. The van der Waals surface area contributed by atoms with Gasteiger partial charge in [-0.2, -0.15) is 4.98 Å². The molecule has 8 heteroatoms. The number of rotatable bonds is 5. The van der Waals surface area contributed by atoms with Gasteiger partial charge in [0.25, 0.3) is 0 Å². The Morgan fingerprint density at radius 3 is 2.55 bits per heavy atom. The van der Waals surface area contributed by atoms with Crippen LogP contribution in [-0.2, 0) is 0 Å². The average molecular weight is 387 g/mol. The van der Waals surface area contributed by atoms with Gasteiger partial charge in [0, 0.05) is 16.8 Å². The zero-order valence-corrected chi connectivity index (χ0v) is 15.8. The third-order valence-corrected chi connectivity index (χ3v) is 4.31. The van der Waals surface area contributed by atoms with Gasteiger partial charge in [-0.15, -0.1) is 0 Å². The van der Waals surface area contributed by atoms with Crippen LogP contribution in [0.25, 0.3) is 10.9 Å². The van der Waals surface area contributed by atoms with Crippen molar-refractivity contribution in [2.24, 2.45) is 0 Å². The number of nitrogens with zero attached hydrogens (tertiary/aromatic N) is 4. The van der Waals surface area contributed by atoms with Crippen LogP contribution in [0.5, 0.6) is 11.6 Å². The second-order valence-electron chi connectivity index (χ2n) is 6.51. The van der Waals surface area contributed by atoms with E-state index in [0.717, 1.165) is 16.6 Å². The molecule has 0 saturated heterocycles. The molecule has 0 aliphatic rings. The molecule has 0 spiro atoms. The Balaban J connectivity index is 1.76. The Morgan fingerprint density at radius 2 is 1.79 bits per heavy atom. The van der Waals surface area contributed by atoms with Gasteiger partial charge >= 0.3 is 11.6 Å². The third-order valence-electron chi connectivity index (χ3n) is 4.31. The number of pyridine rings is 1. The van der Waals surface area contributed by atoms with Crippen molar-refractivity contribution in [3.8, 4) is 11.6 Å².